The Bertz CT molecular complexity index is 1130. The van der Waals surface area contributed by atoms with Crippen molar-refractivity contribution in [1.29, 1.82) is 0 Å². The van der Waals surface area contributed by atoms with Crippen LogP contribution in [0.2, 0.25) is 5.02 Å². The molecule has 0 bridgehead atoms. The summed E-state index contributed by atoms with van der Waals surface area (Å²) < 4.78 is 11.2. The lowest BCUT2D eigenvalue weighted by Gasteiger charge is -2.35. The minimum Gasteiger partial charge on any atom is -0.493 e. The summed E-state index contributed by atoms with van der Waals surface area (Å²) in [5.41, 5.74) is 3.33. The number of H-pyrrole nitrogens is 1. The number of ether oxygens (including phenoxy) is 2. The molecule has 0 fully saturated rings. The molecule has 1 aromatic heterocycles. The highest BCUT2D eigenvalue weighted by atomic mass is 35.5. The zero-order chi connectivity index (χ0) is 24.3. The topological polar surface area (TPSA) is 95.0 Å². The quantitative estimate of drug-likeness (QED) is 0.429. The molecule has 1 aliphatic rings. The summed E-state index contributed by atoms with van der Waals surface area (Å²) in [5.74, 6) is 0.630. The molecule has 1 atom stereocenters. The molecule has 3 aromatic rings. The van der Waals surface area contributed by atoms with Gasteiger partial charge in [0.05, 0.1) is 31.8 Å². The van der Waals surface area contributed by atoms with Crippen molar-refractivity contribution < 1.29 is 24.5 Å². The fraction of sp³-hybridized carbons (Fsp3) is 0.423. The number of amides is 1. The van der Waals surface area contributed by atoms with E-state index >= 15 is 0 Å². The van der Waals surface area contributed by atoms with Crippen LogP contribution in [0.1, 0.15) is 43.1 Å². The standard InChI is InChI=1S/C26H31ClN2O5/c1-3-26(14-30,15-31)16-34-19-8-5-17(6-9-19)24-23-20(11-12-29(24)25(32)33-4-2)21-13-18(27)7-10-22(21)28-23/h5-10,13,24,28,30-31H,3-4,11-12,14-16H2,1-2H3/t24-/m0/s1. The highest BCUT2D eigenvalue weighted by molar-refractivity contribution is 6.31. The summed E-state index contributed by atoms with van der Waals surface area (Å²) >= 11 is 6.26. The number of aromatic amines is 1. The predicted octanol–water partition coefficient (Wildman–Crippen LogP) is 4.69. The Kier molecular flexibility index (Phi) is 7.36. The molecule has 182 valence electrons. The molecule has 2 aromatic carbocycles. The zero-order valence-electron chi connectivity index (χ0n) is 19.5. The molecule has 0 radical (unpaired) electrons. The van der Waals surface area contributed by atoms with Crippen molar-refractivity contribution in [1.82, 2.24) is 9.88 Å². The van der Waals surface area contributed by atoms with Crippen LogP contribution in [0.4, 0.5) is 4.79 Å². The van der Waals surface area contributed by atoms with Gasteiger partial charge in [-0.05, 0) is 61.2 Å². The van der Waals surface area contributed by atoms with Crippen LogP contribution in [0.25, 0.3) is 10.9 Å². The third-order valence-electron chi connectivity index (χ3n) is 6.75. The number of fused-ring (bicyclic) bond motifs is 3. The van der Waals surface area contributed by atoms with Gasteiger partial charge in [-0.3, -0.25) is 4.90 Å². The molecule has 4 rings (SSSR count). The van der Waals surface area contributed by atoms with Crippen molar-refractivity contribution in [3.63, 3.8) is 0 Å². The van der Waals surface area contributed by atoms with Crippen molar-refractivity contribution in [2.45, 2.75) is 32.7 Å². The van der Waals surface area contributed by atoms with Gasteiger partial charge in [0.25, 0.3) is 0 Å². The number of nitrogens with one attached hydrogen (secondary N) is 1. The maximum atomic E-state index is 12.8. The van der Waals surface area contributed by atoms with Gasteiger partial charge in [0.15, 0.2) is 0 Å². The van der Waals surface area contributed by atoms with Gasteiger partial charge in [0, 0.05) is 28.2 Å². The highest BCUT2D eigenvalue weighted by Crippen LogP contribution is 2.40. The molecule has 0 unspecified atom stereocenters. The SMILES string of the molecule is CCOC(=O)N1CCc2c([nH]c3ccc(Cl)cc23)[C@@H]1c1ccc(OCC(CC)(CO)CO)cc1. The molecule has 1 amide bonds. The van der Waals surface area contributed by atoms with Gasteiger partial charge >= 0.3 is 6.09 Å². The fourth-order valence-electron chi connectivity index (χ4n) is 4.46. The Balaban J connectivity index is 1.67. The minimum atomic E-state index is -0.677. The van der Waals surface area contributed by atoms with E-state index in [2.05, 4.69) is 4.98 Å². The van der Waals surface area contributed by atoms with Crippen LogP contribution in [-0.4, -0.2) is 59.2 Å². The molecule has 0 saturated heterocycles. The third kappa shape index (κ3) is 4.60. The Morgan fingerprint density at radius 1 is 1.18 bits per heavy atom. The first kappa shape index (κ1) is 24.4. The maximum Gasteiger partial charge on any atom is 0.410 e. The van der Waals surface area contributed by atoms with Crippen molar-refractivity contribution >= 4 is 28.6 Å². The molecule has 34 heavy (non-hydrogen) atoms. The smallest absolute Gasteiger partial charge is 0.410 e. The van der Waals surface area contributed by atoms with Crippen molar-refractivity contribution in [3.05, 3.63) is 64.3 Å². The number of carbonyl (C=O) groups excluding carboxylic acids is 1. The Morgan fingerprint density at radius 2 is 1.91 bits per heavy atom. The van der Waals surface area contributed by atoms with E-state index in [1.54, 1.807) is 11.8 Å². The monoisotopic (exact) mass is 486 g/mol. The van der Waals surface area contributed by atoms with Crippen LogP contribution in [0.3, 0.4) is 0 Å². The van der Waals surface area contributed by atoms with E-state index in [1.165, 1.54) is 0 Å². The number of hydrogen-bond donors (Lipinski definition) is 3. The Morgan fingerprint density at radius 3 is 2.56 bits per heavy atom. The van der Waals surface area contributed by atoms with Crippen molar-refractivity contribution in [3.8, 4) is 5.75 Å². The number of carbonyl (C=O) groups is 1. The lowest BCUT2D eigenvalue weighted by atomic mass is 9.88. The molecular formula is C26H31ClN2O5. The van der Waals surface area contributed by atoms with E-state index in [1.807, 2.05) is 49.4 Å². The average molecular weight is 487 g/mol. The second-order valence-corrected chi connectivity index (χ2v) is 9.22. The van der Waals surface area contributed by atoms with Crippen LogP contribution < -0.4 is 4.74 Å². The molecule has 3 N–H and O–H groups in total. The molecule has 0 spiro atoms. The van der Waals surface area contributed by atoms with Crippen LogP contribution in [-0.2, 0) is 11.2 Å². The Hall–Kier alpha value is -2.74. The molecule has 2 heterocycles. The molecule has 1 aliphatic heterocycles. The van der Waals surface area contributed by atoms with Gasteiger partial charge in [-0.1, -0.05) is 30.7 Å². The molecule has 0 saturated carbocycles. The van der Waals surface area contributed by atoms with Crippen LogP contribution in [0.5, 0.6) is 5.75 Å². The highest BCUT2D eigenvalue weighted by Gasteiger charge is 2.35. The summed E-state index contributed by atoms with van der Waals surface area (Å²) in [6.45, 7) is 4.45. The van der Waals surface area contributed by atoms with Gasteiger partial charge < -0.3 is 24.7 Å². The lowest BCUT2D eigenvalue weighted by molar-refractivity contribution is 0.0114. The van der Waals surface area contributed by atoms with Crippen molar-refractivity contribution in [2.75, 3.05) is 33.0 Å². The number of benzene rings is 2. The van der Waals surface area contributed by atoms with E-state index < -0.39 is 5.41 Å². The number of aromatic nitrogens is 1. The van der Waals surface area contributed by atoms with E-state index in [9.17, 15) is 15.0 Å². The maximum absolute atomic E-state index is 12.8. The van der Waals surface area contributed by atoms with Crippen molar-refractivity contribution in [2.24, 2.45) is 5.41 Å². The van der Waals surface area contributed by atoms with E-state index in [0.717, 1.165) is 27.7 Å². The number of rotatable bonds is 8. The van der Waals surface area contributed by atoms with Gasteiger partial charge in [-0.2, -0.15) is 0 Å². The number of halogens is 1. The van der Waals surface area contributed by atoms with Crippen LogP contribution in [0, 0.1) is 5.41 Å². The first-order valence-electron chi connectivity index (χ1n) is 11.6. The minimum absolute atomic E-state index is 0.151. The first-order chi connectivity index (χ1) is 16.4. The van der Waals surface area contributed by atoms with Gasteiger partial charge in [-0.15, -0.1) is 0 Å². The summed E-state index contributed by atoms with van der Waals surface area (Å²) in [7, 11) is 0. The second kappa shape index (κ2) is 10.3. The fourth-order valence-corrected chi connectivity index (χ4v) is 4.63. The predicted molar refractivity (Wildman–Crippen MR) is 131 cm³/mol. The number of aliphatic hydroxyl groups excluding tert-OH is 2. The summed E-state index contributed by atoms with van der Waals surface area (Å²) in [5, 5.41) is 21.1. The third-order valence-corrected chi connectivity index (χ3v) is 6.99. The zero-order valence-corrected chi connectivity index (χ0v) is 20.3. The second-order valence-electron chi connectivity index (χ2n) is 8.78. The molecular weight excluding hydrogens is 456 g/mol. The first-order valence-corrected chi connectivity index (χ1v) is 12.0. The largest absolute Gasteiger partial charge is 0.493 e. The lowest BCUT2D eigenvalue weighted by Crippen LogP contribution is -2.41. The van der Waals surface area contributed by atoms with E-state index in [-0.39, 0.29) is 32.0 Å². The summed E-state index contributed by atoms with van der Waals surface area (Å²) in [6, 6.07) is 13.0. The van der Waals surface area contributed by atoms with Crippen LogP contribution >= 0.6 is 11.6 Å². The van der Waals surface area contributed by atoms with Gasteiger partial charge in [0.2, 0.25) is 0 Å². The Labute approximate surface area is 204 Å². The number of aliphatic hydroxyl groups is 2. The molecule has 7 nitrogen and oxygen atoms in total. The molecule has 8 heteroatoms. The van der Waals surface area contributed by atoms with Gasteiger partial charge in [-0.25, -0.2) is 4.79 Å². The number of hydrogen-bond acceptors (Lipinski definition) is 5. The average Bonchev–Trinajstić information content (AvgIpc) is 3.23. The normalized spacial score (nSPS) is 15.9. The van der Waals surface area contributed by atoms with Gasteiger partial charge in [0.1, 0.15) is 11.8 Å². The molecule has 0 aliphatic carbocycles. The summed E-state index contributed by atoms with van der Waals surface area (Å²) in [6.07, 6.45) is 0.948. The summed E-state index contributed by atoms with van der Waals surface area (Å²) in [4.78, 5) is 18.1. The van der Waals surface area contributed by atoms with Crippen LogP contribution in [0.15, 0.2) is 42.5 Å². The van der Waals surface area contributed by atoms with E-state index in [0.29, 0.717) is 36.8 Å². The number of nitrogens with zero attached hydrogens (tertiary/aromatic N) is 1. The van der Waals surface area contributed by atoms with E-state index in [4.69, 9.17) is 21.1 Å².